The summed E-state index contributed by atoms with van der Waals surface area (Å²) in [5.41, 5.74) is 5.39. The number of hydrogen-bond acceptors (Lipinski definition) is 6. The molecule has 160 valence electrons. The molecule has 0 saturated carbocycles. The summed E-state index contributed by atoms with van der Waals surface area (Å²) in [5.74, 6) is 0.605. The van der Waals surface area contributed by atoms with Crippen molar-refractivity contribution in [2.75, 3.05) is 6.54 Å². The first-order valence-electron chi connectivity index (χ1n) is 11.0. The van der Waals surface area contributed by atoms with Crippen molar-refractivity contribution in [1.82, 2.24) is 15.5 Å². The Labute approximate surface area is 188 Å². The number of nitriles is 1. The zero-order valence-corrected chi connectivity index (χ0v) is 19.1. The number of aromatic nitrogens is 2. The third kappa shape index (κ3) is 4.63. The zero-order chi connectivity index (χ0) is 21.8. The third-order valence-corrected chi connectivity index (χ3v) is 6.52. The Balaban J connectivity index is 1.65. The minimum absolute atomic E-state index is 0.0194. The van der Waals surface area contributed by atoms with E-state index in [9.17, 15) is 5.26 Å². The van der Waals surface area contributed by atoms with Crippen LogP contribution in [0, 0.1) is 11.3 Å². The normalized spacial score (nSPS) is 15.5. The summed E-state index contributed by atoms with van der Waals surface area (Å²) in [4.78, 5) is 0. The van der Waals surface area contributed by atoms with Gasteiger partial charge >= 0.3 is 0 Å². The van der Waals surface area contributed by atoms with Crippen molar-refractivity contribution in [3.8, 4) is 33.0 Å². The molecule has 3 aromatic rings. The summed E-state index contributed by atoms with van der Waals surface area (Å²) in [6.07, 6.45) is 4.59. The highest BCUT2D eigenvalue weighted by molar-refractivity contribution is 7.17. The van der Waals surface area contributed by atoms with Gasteiger partial charge in [-0.2, -0.15) is 5.26 Å². The fourth-order valence-electron chi connectivity index (χ4n) is 4.14. The van der Waals surface area contributed by atoms with Crippen LogP contribution in [0.5, 0.6) is 5.75 Å². The molecule has 6 heteroatoms. The van der Waals surface area contributed by atoms with E-state index in [1.807, 2.05) is 32.0 Å². The van der Waals surface area contributed by atoms with Crippen LogP contribution in [0.25, 0.3) is 21.1 Å². The van der Waals surface area contributed by atoms with Crippen LogP contribution in [0.1, 0.15) is 62.8 Å². The topological polar surface area (TPSA) is 70.8 Å². The molecule has 0 fully saturated rings. The van der Waals surface area contributed by atoms with Crippen molar-refractivity contribution in [1.29, 1.82) is 5.26 Å². The highest BCUT2D eigenvalue weighted by atomic mass is 32.1. The number of hydrogen-bond donors (Lipinski definition) is 1. The van der Waals surface area contributed by atoms with Crippen molar-refractivity contribution in [2.24, 2.45) is 0 Å². The van der Waals surface area contributed by atoms with Gasteiger partial charge in [0.1, 0.15) is 21.8 Å². The summed E-state index contributed by atoms with van der Waals surface area (Å²) in [7, 11) is 0. The maximum Gasteiger partial charge on any atom is 0.148 e. The van der Waals surface area contributed by atoms with Gasteiger partial charge in [-0.25, -0.2) is 0 Å². The first-order valence-corrected chi connectivity index (χ1v) is 11.8. The Kier molecular flexibility index (Phi) is 6.64. The minimum atomic E-state index is 0.0194. The molecule has 0 unspecified atom stereocenters. The second-order valence-corrected chi connectivity index (χ2v) is 9.15. The molecule has 0 bridgehead atoms. The smallest absolute Gasteiger partial charge is 0.148 e. The average Bonchev–Trinajstić information content (AvgIpc) is 3.27. The lowest BCUT2D eigenvalue weighted by molar-refractivity contribution is 0.242. The molecule has 31 heavy (non-hydrogen) atoms. The van der Waals surface area contributed by atoms with E-state index in [0.29, 0.717) is 17.4 Å². The summed E-state index contributed by atoms with van der Waals surface area (Å²) in [5, 5.41) is 23.9. The van der Waals surface area contributed by atoms with Crippen LogP contribution in [0.3, 0.4) is 0 Å². The Morgan fingerprint density at radius 2 is 2.06 bits per heavy atom. The second kappa shape index (κ2) is 9.59. The standard InChI is InChI=1S/C25H28N4OS/c1-4-13-27-22-10-6-7-19-20(22)8-5-9-21(19)25-29-28-24(31-25)17-11-12-23(30-16(2)3)18(14-17)15-26/h5,8-9,11-12,14,16,22,27H,4,6-7,10,13H2,1-3H3/t22-/m0/s1. The molecule has 1 aliphatic rings. The quantitative estimate of drug-likeness (QED) is 0.503. The zero-order valence-electron chi connectivity index (χ0n) is 18.3. The number of nitrogens with zero attached hydrogens (tertiary/aromatic N) is 3. The molecule has 0 saturated heterocycles. The maximum atomic E-state index is 9.54. The molecule has 1 atom stereocenters. The summed E-state index contributed by atoms with van der Waals surface area (Å²) < 4.78 is 5.74. The van der Waals surface area contributed by atoms with Gasteiger partial charge in [-0.15, -0.1) is 10.2 Å². The van der Waals surface area contributed by atoms with E-state index in [4.69, 9.17) is 4.74 Å². The predicted octanol–water partition coefficient (Wildman–Crippen LogP) is 5.91. The Hall–Kier alpha value is -2.75. The Morgan fingerprint density at radius 1 is 1.23 bits per heavy atom. The lowest BCUT2D eigenvalue weighted by atomic mass is 9.85. The largest absolute Gasteiger partial charge is 0.490 e. The van der Waals surface area contributed by atoms with E-state index in [1.165, 1.54) is 29.5 Å². The molecule has 1 N–H and O–H groups in total. The lowest BCUT2D eigenvalue weighted by Crippen LogP contribution is -2.26. The Bertz CT molecular complexity index is 1100. The van der Waals surface area contributed by atoms with E-state index in [1.54, 1.807) is 11.3 Å². The first-order chi connectivity index (χ1) is 15.1. The molecule has 0 radical (unpaired) electrons. The first kappa shape index (κ1) is 21.5. The predicted molar refractivity (Wildman–Crippen MR) is 125 cm³/mol. The third-order valence-electron chi connectivity index (χ3n) is 5.51. The van der Waals surface area contributed by atoms with E-state index >= 15 is 0 Å². The molecule has 1 heterocycles. The molecule has 5 nitrogen and oxygen atoms in total. The minimum Gasteiger partial charge on any atom is -0.490 e. The SMILES string of the molecule is CCCN[C@H]1CCCc2c(-c3nnc(-c4ccc(OC(C)C)c(C#N)c4)s3)cccc21. The number of benzene rings is 2. The van der Waals surface area contributed by atoms with Crippen LogP contribution < -0.4 is 10.1 Å². The van der Waals surface area contributed by atoms with Gasteiger partial charge in [0.15, 0.2) is 0 Å². The van der Waals surface area contributed by atoms with Gasteiger partial charge in [-0.3, -0.25) is 0 Å². The van der Waals surface area contributed by atoms with E-state index in [2.05, 4.69) is 46.7 Å². The van der Waals surface area contributed by atoms with Crippen LogP contribution in [-0.4, -0.2) is 22.8 Å². The Morgan fingerprint density at radius 3 is 2.84 bits per heavy atom. The molecule has 0 amide bonds. The monoisotopic (exact) mass is 432 g/mol. The van der Waals surface area contributed by atoms with Gasteiger partial charge in [0, 0.05) is 17.2 Å². The van der Waals surface area contributed by atoms with E-state index in [-0.39, 0.29) is 6.10 Å². The maximum absolute atomic E-state index is 9.54. The van der Waals surface area contributed by atoms with Crippen molar-refractivity contribution in [3.05, 3.63) is 53.1 Å². The highest BCUT2D eigenvalue weighted by Gasteiger charge is 2.23. The lowest BCUT2D eigenvalue weighted by Gasteiger charge is -2.27. The van der Waals surface area contributed by atoms with Crippen LogP contribution in [-0.2, 0) is 6.42 Å². The molecular formula is C25H28N4OS. The van der Waals surface area contributed by atoms with Crippen LogP contribution in [0.2, 0.25) is 0 Å². The molecule has 0 aliphatic heterocycles. The van der Waals surface area contributed by atoms with Crippen molar-refractivity contribution in [2.45, 2.75) is 58.6 Å². The molecule has 0 spiro atoms. The van der Waals surface area contributed by atoms with Gasteiger partial charge in [-0.1, -0.05) is 36.5 Å². The molecular weight excluding hydrogens is 404 g/mol. The molecule has 4 rings (SSSR count). The van der Waals surface area contributed by atoms with Crippen LogP contribution >= 0.6 is 11.3 Å². The fourth-order valence-corrected chi connectivity index (χ4v) is 5.03. The van der Waals surface area contributed by atoms with Crippen molar-refractivity contribution < 1.29 is 4.74 Å². The van der Waals surface area contributed by atoms with Gasteiger partial charge in [0.05, 0.1) is 11.7 Å². The molecule has 1 aliphatic carbocycles. The van der Waals surface area contributed by atoms with Crippen molar-refractivity contribution >= 4 is 11.3 Å². The highest BCUT2D eigenvalue weighted by Crippen LogP contribution is 2.39. The second-order valence-electron chi connectivity index (χ2n) is 8.17. The molecule has 2 aromatic carbocycles. The van der Waals surface area contributed by atoms with Crippen LogP contribution in [0.15, 0.2) is 36.4 Å². The van der Waals surface area contributed by atoms with Gasteiger partial charge < -0.3 is 10.1 Å². The fraction of sp³-hybridized carbons (Fsp3) is 0.400. The number of nitrogens with one attached hydrogen (secondary N) is 1. The number of ether oxygens (including phenoxy) is 1. The van der Waals surface area contributed by atoms with E-state index in [0.717, 1.165) is 35.0 Å². The van der Waals surface area contributed by atoms with E-state index < -0.39 is 0 Å². The van der Waals surface area contributed by atoms with Gasteiger partial charge in [0.2, 0.25) is 0 Å². The average molecular weight is 433 g/mol. The summed E-state index contributed by atoms with van der Waals surface area (Å²) in [6.45, 7) is 7.15. The molecule has 1 aromatic heterocycles. The summed E-state index contributed by atoms with van der Waals surface area (Å²) >= 11 is 1.58. The number of fused-ring (bicyclic) bond motifs is 1. The van der Waals surface area contributed by atoms with Crippen molar-refractivity contribution in [3.63, 3.8) is 0 Å². The number of rotatable bonds is 7. The van der Waals surface area contributed by atoms with Gasteiger partial charge in [0.25, 0.3) is 0 Å². The summed E-state index contributed by atoms with van der Waals surface area (Å²) in [6, 6.07) is 14.8. The van der Waals surface area contributed by atoms with Crippen LogP contribution in [0.4, 0.5) is 0 Å². The van der Waals surface area contributed by atoms with Gasteiger partial charge in [-0.05, 0) is 75.4 Å².